The molecule has 86 valence electrons. The van der Waals surface area contributed by atoms with E-state index in [0.29, 0.717) is 6.61 Å². The second kappa shape index (κ2) is 4.77. The number of hydrogen-bond acceptors (Lipinski definition) is 2. The Hall–Kier alpha value is -0.860. The van der Waals surface area contributed by atoms with Crippen LogP contribution < -0.4 is 0 Å². The first-order valence-electron chi connectivity index (χ1n) is 5.52. The fourth-order valence-electron chi connectivity index (χ4n) is 1.42. The van der Waals surface area contributed by atoms with Crippen LogP contribution in [-0.4, -0.2) is 12.6 Å². The Kier molecular flexibility index (Phi) is 3.89. The molecule has 1 fully saturated rings. The lowest BCUT2D eigenvalue weighted by Crippen LogP contribution is -2.06. The zero-order valence-corrected chi connectivity index (χ0v) is 9.68. The van der Waals surface area contributed by atoms with Gasteiger partial charge in [-0.2, -0.15) is 4.39 Å². The first-order valence-corrected chi connectivity index (χ1v) is 5.52. The topological polar surface area (TPSA) is 26.3 Å². The van der Waals surface area contributed by atoms with E-state index in [-0.39, 0.29) is 11.3 Å². The summed E-state index contributed by atoms with van der Waals surface area (Å²) in [6.45, 7) is 6.42. The maximum atomic E-state index is 13.2. The number of ether oxygens (including phenoxy) is 1. The molecule has 3 heteroatoms. The molecule has 2 nitrogen and oxygen atoms in total. The minimum atomic E-state index is -0.814. The molecule has 0 aliphatic heterocycles. The Morgan fingerprint density at radius 2 is 2.20 bits per heavy atom. The predicted molar refractivity (Wildman–Crippen MR) is 56.9 cm³/mol. The van der Waals surface area contributed by atoms with Gasteiger partial charge in [-0.1, -0.05) is 27.2 Å². The fourth-order valence-corrected chi connectivity index (χ4v) is 1.42. The van der Waals surface area contributed by atoms with Gasteiger partial charge >= 0.3 is 5.97 Å². The molecular formula is C12H19FO2. The first kappa shape index (κ1) is 12.2. The summed E-state index contributed by atoms with van der Waals surface area (Å²) < 4.78 is 18.0. The molecular weight excluding hydrogens is 195 g/mol. The Balaban J connectivity index is 2.33. The summed E-state index contributed by atoms with van der Waals surface area (Å²) >= 11 is 0. The highest BCUT2D eigenvalue weighted by atomic mass is 19.1. The third kappa shape index (κ3) is 3.65. The molecule has 1 saturated carbocycles. The molecule has 0 heterocycles. The van der Waals surface area contributed by atoms with E-state index in [0.717, 1.165) is 19.3 Å². The van der Waals surface area contributed by atoms with Crippen LogP contribution in [0.4, 0.5) is 4.39 Å². The summed E-state index contributed by atoms with van der Waals surface area (Å²) in [6.07, 6.45) is 4.07. The van der Waals surface area contributed by atoms with Crippen molar-refractivity contribution in [2.45, 2.75) is 40.0 Å². The van der Waals surface area contributed by atoms with Crippen molar-refractivity contribution in [2.75, 3.05) is 6.61 Å². The Morgan fingerprint density at radius 3 is 2.67 bits per heavy atom. The number of allylic oxidation sites excluding steroid dienone is 1. The third-order valence-electron chi connectivity index (χ3n) is 2.86. The van der Waals surface area contributed by atoms with E-state index < -0.39 is 11.8 Å². The summed E-state index contributed by atoms with van der Waals surface area (Å²) in [5.74, 6) is -1.36. The average molecular weight is 214 g/mol. The van der Waals surface area contributed by atoms with E-state index in [2.05, 4.69) is 13.8 Å². The van der Waals surface area contributed by atoms with Crippen LogP contribution in [0.5, 0.6) is 0 Å². The molecule has 0 aromatic rings. The van der Waals surface area contributed by atoms with Gasteiger partial charge in [0.05, 0.1) is 6.61 Å². The van der Waals surface area contributed by atoms with Crippen molar-refractivity contribution < 1.29 is 13.9 Å². The lowest BCUT2D eigenvalue weighted by Gasteiger charge is -2.02. The van der Waals surface area contributed by atoms with Crippen molar-refractivity contribution in [3.05, 3.63) is 11.9 Å². The van der Waals surface area contributed by atoms with E-state index in [1.807, 2.05) is 6.92 Å². The smallest absolute Gasteiger partial charge is 0.366 e. The lowest BCUT2D eigenvalue weighted by molar-refractivity contribution is -0.140. The zero-order valence-electron chi connectivity index (χ0n) is 9.68. The number of halogens is 1. The van der Waals surface area contributed by atoms with E-state index in [4.69, 9.17) is 4.74 Å². The number of hydrogen-bond donors (Lipinski definition) is 0. The number of unbranched alkanes of at least 4 members (excludes halogenated alkanes) is 1. The van der Waals surface area contributed by atoms with Crippen LogP contribution in [0, 0.1) is 11.3 Å². The molecule has 0 N–H and O–H groups in total. The average Bonchev–Trinajstić information content (AvgIpc) is 2.73. The Bertz CT molecular complexity index is 269. The highest BCUT2D eigenvalue weighted by Gasteiger charge is 2.44. The number of carbonyl (C=O) groups is 1. The van der Waals surface area contributed by atoms with Gasteiger partial charge in [-0.05, 0) is 30.3 Å². The van der Waals surface area contributed by atoms with Gasteiger partial charge in [0.15, 0.2) is 0 Å². The molecule has 0 saturated heterocycles. The van der Waals surface area contributed by atoms with Crippen LogP contribution in [0.15, 0.2) is 11.9 Å². The molecule has 1 rings (SSSR count). The van der Waals surface area contributed by atoms with Crippen molar-refractivity contribution in [3.63, 3.8) is 0 Å². The summed E-state index contributed by atoms with van der Waals surface area (Å²) in [6, 6.07) is 0. The fraction of sp³-hybridized carbons (Fsp3) is 0.750. The van der Waals surface area contributed by atoms with E-state index >= 15 is 0 Å². The van der Waals surface area contributed by atoms with Gasteiger partial charge in [0.2, 0.25) is 5.83 Å². The largest absolute Gasteiger partial charge is 0.460 e. The zero-order chi connectivity index (χ0) is 11.5. The van der Waals surface area contributed by atoms with Crippen LogP contribution >= 0.6 is 0 Å². The summed E-state index contributed by atoms with van der Waals surface area (Å²) in [5, 5.41) is 0. The second-order valence-electron chi connectivity index (χ2n) is 4.80. The predicted octanol–water partition coefficient (Wildman–Crippen LogP) is 3.23. The highest BCUT2D eigenvalue weighted by molar-refractivity contribution is 5.86. The molecule has 1 unspecified atom stereocenters. The molecule has 0 aromatic carbocycles. The Morgan fingerprint density at radius 1 is 1.60 bits per heavy atom. The van der Waals surface area contributed by atoms with Gasteiger partial charge in [0.1, 0.15) is 0 Å². The maximum absolute atomic E-state index is 13.2. The molecule has 1 aliphatic carbocycles. The standard InChI is InChI=1S/C12H19FO2/c1-4-5-6-15-11(14)10(13)7-9-8-12(9,2)3/h7,9H,4-6,8H2,1-3H3. The number of rotatable bonds is 5. The van der Waals surface area contributed by atoms with Gasteiger partial charge in [-0.15, -0.1) is 0 Å². The normalized spacial score (nSPS) is 23.7. The van der Waals surface area contributed by atoms with Crippen LogP contribution in [-0.2, 0) is 9.53 Å². The van der Waals surface area contributed by atoms with Gasteiger partial charge in [-0.25, -0.2) is 4.79 Å². The molecule has 1 atom stereocenters. The molecule has 15 heavy (non-hydrogen) atoms. The SMILES string of the molecule is CCCCOC(=O)C(F)=CC1CC1(C)C. The number of esters is 1. The quantitative estimate of drug-likeness (QED) is 0.399. The van der Waals surface area contributed by atoms with Gasteiger partial charge < -0.3 is 4.74 Å². The third-order valence-corrected chi connectivity index (χ3v) is 2.86. The van der Waals surface area contributed by atoms with Gasteiger partial charge in [0.25, 0.3) is 0 Å². The summed E-state index contributed by atoms with van der Waals surface area (Å²) in [7, 11) is 0. The first-order chi connectivity index (χ1) is 6.97. The molecule has 0 amide bonds. The molecule has 0 radical (unpaired) electrons. The van der Waals surface area contributed by atoms with Crippen molar-refractivity contribution >= 4 is 5.97 Å². The van der Waals surface area contributed by atoms with Crippen LogP contribution in [0.1, 0.15) is 40.0 Å². The van der Waals surface area contributed by atoms with Crippen LogP contribution in [0.3, 0.4) is 0 Å². The van der Waals surface area contributed by atoms with Gasteiger partial charge in [-0.3, -0.25) is 0 Å². The second-order valence-corrected chi connectivity index (χ2v) is 4.80. The minimum Gasteiger partial charge on any atom is -0.460 e. The van der Waals surface area contributed by atoms with Crippen molar-refractivity contribution in [1.82, 2.24) is 0 Å². The maximum Gasteiger partial charge on any atom is 0.366 e. The van der Waals surface area contributed by atoms with E-state index in [1.165, 1.54) is 6.08 Å². The molecule has 0 spiro atoms. The van der Waals surface area contributed by atoms with E-state index in [9.17, 15) is 9.18 Å². The van der Waals surface area contributed by atoms with Crippen LogP contribution in [0.2, 0.25) is 0 Å². The molecule has 0 aromatic heterocycles. The molecule has 1 aliphatic rings. The lowest BCUT2D eigenvalue weighted by atomic mass is 10.1. The van der Waals surface area contributed by atoms with Crippen LogP contribution in [0.25, 0.3) is 0 Å². The monoisotopic (exact) mass is 214 g/mol. The van der Waals surface area contributed by atoms with E-state index in [1.54, 1.807) is 0 Å². The highest BCUT2D eigenvalue weighted by Crippen LogP contribution is 2.52. The minimum absolute atomic E-state index is 0.154. The molecule has 0 bridgehead atoms. The van der Waals surface area contributed by atoms with Crippen molar-refractivity contribution in [2.24, 2.45) is 11.3 Å². The Labute approximate surface area is 90.5 Å². The summed E-state index contributed by atoms with van der Waals surface area (Å²) in [5.41, 5.74) is 0.154. The van der Waals surface area contributed by atoms with Crippen molar-refractivity contribution in [1.29, 1.82) is 0 Å². The van der Waals surface area contributed by atoms with Gasteiger partial charge in [0, 0.05) is 0 Å². The van der Waals surface area contributed by atoms with Crippen molar-refractivity contribution in [3.8, 4) is 0 Å². The summed E-state index contributed by atoms with van der Waals surface area (Å²) in [4.78, 5) is 11.1. The number of carbonyl (C=O) groups excluding carboxylic acids is 1.